The van der Waals surface area contributed by atoms with E-state index in [1.54, 1.807) is 0 Å². The van der Waals surface area contributed by atoms with Gasteiger partial charge in [-0.15, -0.1) is 0 Å². The number of rotatable bonds is 2. The molecule has 0 aliphatic rings. The highest BCUT2D eigenvalue weighted by Crippen LogP contribution is 2.27. The molecule has 2 aromatic rings. The quantitative estimate of drug-likeness (QED) is 0.834. The first kappa shape index (κ1) is 10.6. The monoisotopic (exact) mass is 267 g/mol. The molecule has 0 aliphatic heterocycles. The zero-order chi connectivity index (χ0) is 11.0. The van der Waals surface area contributed by atoms with Crippen molar-refractivity contribution in [3.8, 4) is 0 Å². The van der Waals surface area contributed by atoms with Crippen molar-refractivity contribution in [1.82, 2.24) is 14.5 Å². The van der Waals surface area contributed by atoms with Crippen LogP contribution in [0.3, 0.4) is 0 Å². The molecule has 0 radical (unpaired) electrons. The summed E-state index contributed by atoms with van der Waals surface area (Å²) in [6, 6.07) is 1.99. The van der Waals surface area contributed by atoms with Gasteiger partial charge in [0.25, 0.3) is 0 Å². The second-order valence-electron chi connectivity index (χ2n) is 3.99. The molecule has 0 N–H and O–H groups in total. The van der Waals surface area contributed by atoms with Gasteiger partial charge in [-0.3, -0.25) is 0 Å². The van der Waals surface area contributed by atoms with Crippen molar-refractivity contribution >= 4 is 27.0 Å². The predicted octanol–water partition coefficient (Wildman–Crippen LogP) is 2.40. The minimum Gasteiger partial charge on any atom is -0.335 e. The lowest BCUT2D eigenvalue weighted by Gasteiger charge is -2.08. The minimum absolute atomic E-state index is 0.932. The van der Waals surface area contributed by atoms with Crippen LogP contribution in [0.2, 0.25) is 0 Å². The Morgan fingerprint density at radius 1 is 1.47 bits per heavy atom. The van der Waals surface area contributed by atoms with Crippen LogP contribution in [0, 0.1) is 0 Å². The van der Waals surface area contributed by atoms with Gasteiger partial charge in [0.05, 0.1) is 0 Å². The van der Waals surface area contributed by atoms with E-state index in [4.69, 9.17) is 0 Å². The van der Waals surface area contributed by atoms with E-state index in [1.807, 2.05) is 19.3 Å². The van der Waals surface area contributed by atoms with Gasteiger partial charge in [0.15, 0.2) is 0 Å². The summed E-state index contributed by atoms with van der Waals surface area (Å²) >= 11 is 3.58. The van der Waals surface area contributed by atoms with E-state index in [-0.39, 0.29) is 0 Å². The SMILES string of the molecule is CN(C)Cc1cn(C)c2nccc(Br)c12. The van der Waals surface area contributed by atoms with Gasteiger partial charge >= 0.3 is 0 Å². The standard InChI is InChI=1S/C11H14BrN3/c1-14(2)6-8-7-15(3)11-10(8)9(12)4-5-13-11/h4-5,7H,6H2,1-3H3. The van der Waals surface area contributed by atoms with Crippen LogP contribution in [0.1, 0.15) is 5.56 Å². The molecule has 2 heterocycles. The Kier molecular flexibility index (Phi) is 2.80. The van der Waals surface area contributed by atoms with Crippen LogP contribution >= 0.6 is 15.9 Å². The number of pyridine rings is 1. The van der Waals surface area contributed by atoms with Crippen molar-refractivity contribution in [1.29, 1.82) is 0 Å². The molecule has 0 bridgehead atoms. The van der Waals surface area contributed by atoms with Crippen molar-refractivity contribution in [2.45, 2.75) is 6.54 Å². The zero-order valence-corrected chi connectivity index (χ0v) is 10.7. The molecule has 0 saturated carbocycles. The van der Waals surface area contributed by atoms with E-state index in [0.717, 1.165) is 16.7 Å². The fourth-order valence-corrected chi connectivity index (χ4v) is 2.36. The number of aromatic nitrogens is 2. The maximum Gasteiger partial charge on any atom is 0.141 e. The largest absolute Gasteiger partial charge is 0.335 e. The molecular weight excluding hydrogens is 254 g/mol. The average Bonchev–Trinajstić information content (AvgIpc) is 2.44. The number of hydrogen-bond donors (Lipinski definition) is 0. The number of hydrogen-bond acceptors (Lipinski definition) is 2. The van der Waals surface area contributed by atoms with E-state index in [1.165, 1.54) is 10.9 Å². The Bertz CT molecular complexity index is 488. The van der Waals surface area contributed by atoms with Gasteiger partial charge in [-0.05, 0) is 41.7 Å². The molecule has 0 unspecified atom stereocenters. The van der Waals surface area contributed by atoms with Crippen LogP contribution < -0.4 is 0 Å². The van der Waals surface area contributed by atoms with Gasteiger partial charge in [-0.25, -0.2) is 4.98 Å². The molecular formula is C11H14BrN3. The number of aryl methyl sites for hydroxylation is 1. The minimum atomic E-state index is 0.932. The van der Waals surface area contributed by atoms with E-state index < -0.39 is 0 Å². The highest BCUT2D eigenvalue weighted by Gasteiger charge is 2.10. The third-order valence-electron chi connectivity index (χ3n) is 2.37. The van der Waals surface area contributed by atoms with Crippen molar-refractivity contribution in [2.24, 2.45) is 7.05 Å². The lowest BCUT2D eigenvalue weighted by Crippen LogP contribution is -2.10. The van der Waals surface area contributed by atoms with Crippen molar-refractivity contribution in [2.75, 3.05) is 14.1 Å². The summed E-state index contributed by atoms with van der Waals surface area (Å²) in [5, 5.41) is 1.22. The first-order valence-corrected chi connectivity index (χ1v) is 5.62. The molecule has 4 heteroatoms. The first-order valence-electron chi connectivity index (χ1n) is 4.82. The summed E-state index contributed by atoms with van der Waals surface area (Å²) in [5.41, 5.74) is 2.33. The molecule has 0 atom stereocenters. The number of nitrogens with zero attached hydrogens (tertiary/aromatic N) is 3. The normalized spacial score (nSPS) is 11.5. The molecule has 0 fully saturated rings. The fraction of sp³-hybridized carbons (Fsp3) is 0.364. The molecule has 0 amide bonds. The smallest absolute Gasteiger partial charge is 0.141 e. The van der Waals surface area contributed by atoms with Crippen molar-refractivity contribution < 1.29 is 0 Å². The van der Waals surface area contributed by atoms with Gasteiger partial charge in [0.2, 0.25) is 0 Å². The third kappa shape index (κ3) is 1.92. The number of halogens is 1. The van der Waals surface area contributed by atoms with Crippen LogP contribution in [0.25, 0.3) is 11.0 Å². The number of fused-ring (bicyclic) bond motifs is 1. The van der Waals surface area contributed by atoms with E-state index >= 15 is 0 Å². The van der Waals surface area contributed by atoms with Crippen LogP contribution in [0.5, 0.6) is 0 Å². The predicted molar refractivity (Wildman–Crippen MR) is 65.8 cm³/mol. The Hall–Kier alpha value is -0.870. The first-order chi connectivity index (χ1) is 7.09. The highest BCUT2D eigenvalue weighted by molar-refractivity contribution is 9.10. The lowest BCUT2D eigenvalue weighted by molar-refractivity contribution is 0.403. The summed E-state index contributed by atoms with van der Waals surface area (Å²) in [6.45, 7) is 0.932. The van der Waals surface area contributed by atoms with Gasteiger partial charge in [-0.2, -0.15) is 0 Å². The molecule has 3 nitrogen and oxygen atoms in total. The van der Waals surface area contributed by atoms with E-state index in [0.29, 0.717) is 0 Å². The molecule has 2 aromatic heterocycles. The summed E-state index contributed by atoms with van der Waals surface area (Å²) in [5.74, 6) is 0. The lowest BCUT2D eigenvalue weighted by atomic mass is 10.2. The second-order valence-corrected chi connectivity index (χ2v) is 4.85. The van der Waals surface area contributed by atoms with Crippen molar-refractivity contribution in [3.63, 3.8) is 0 Å². The van der Waals surface area contributed by atoms with Gasteiger partial charge < -0.3 is 9.47 Å². The molecule has 0 aliphatic carbocycles. The molecule has 80 valence electrons. The van der Waals surface area contributed by atoms with E-state index in [2.05, 4.69) is 50.7 Å². The van der Waals surface area contributed by atoms with Gasteiger partial charge in [-0.1, -0.05) is 0 Å². The topological polar surface area (TPSA) is 21.1 Å². The Balaban J connectivity index is 2.65. The second kappa shape index (κ2) is 3.94. The maximum absolute atomic E-state index is 4.38. The molecule has 0 saturated heterocycles. The van der Waals surface area contributed by atoms with Gasteiger partial charge in [0.1, 0.15) is 5.65 Å². The third-order valence-corrected chi connectivity index (χ3v) is 3.03. The summed E-state index contributed by atoms with van der Waals surface area (Å²) in [4.78, 5) is 6.54. The van der Waals surface area contributed by atoms with Crippen molar-refractivity contribution in [3.05, 3.63) is 28.5 Å². The molecule has 0 spiro atoms. The summed E-state index contributed by atoms with van der Waals surface area (Å²) in [6.07, 6.45) is 3.97. The summed E-state index contributed by atoms with van der Waals surface area (Å²) in [7, 11) is 6.17. The van der Waals surface area contributed by atoms with E-state index in [9.17, 15) is 0 Å². The Morgan fingerprint density at radius 2 is 2.20 bits per heavy atom. The van der Waals surface area contributed by atoms with Crippen LogP contribution in [0.15, 0.2) is 22.9 Å². The Morgan fingerprint density at radius 3 is 2.87 bits per heavy atom. The van der Waals surface area contributed by atoms with Crippen LogP contribution in [-0.4, -0.2) is 28.5 Å². The molecule has 0 aromatic carbocycles. The Labute approximate surface area is 97.8 Å². The highest BCUT2D eigenvalue weighted by atomic mass is 79.9. The zero-order valence-electron chi connectivity index (χ0n) is 9.16. The average molecular weight is 268 g/mol. The maximum atomic E-state index is 4.38. The van der Waals surface area contributed by atoms with Gasteiger partial charge in [0, 0.05) is 35.8 Å². The molecule has 2 rings (SSSR count). The van der Waals surface area contributed by atoms with Crippen LogP contribution in [0.4, 0.5) is 0 Å². The fourth-order valence-electron chi connectivity index (χ4n) is 1.81. The van der Waals surface area contributed by atoms with Crippen LogP contribution in [-0.2, 0) is 13.6 Å². The molecule has 15 heavy (non-hydrogen) atoms. The summed E-state index contributed by atoms with van der Waals surface area (Å²) < 4.78 is 3.18.